The quantitative estimate of drug-likeness (QED) is 0.254. The number of alkyl carbamates (subject to hydrolysis) is 1. The van der Waals surface area contributed by atoms with E-state index in [-0.39, 0.29) is 12.3 Å². The number of ether oxygens (including phenoxy) is 2. The molecular formula is C38H57N3O6. The molecule has 4 unspecified atom stereocenters. The zero-order chi connectivity index (χ0) is 35.9. The van der Waals surface area contributed by atoms with Gasteiger partial charge in [-0.15, -0.1) is 0 Å². The zero-order valence-corrected chi connectivity index (χ0v) is 30.7. The first-order chi connectivity index (χ1) is 21.6. The molecule has 9 heteroatoms. The number of carbonyl (C=O) groups is 4. The van der Waals surface area contributed by atoms with Gasteiger partial charge in [0.2, 0.25) is 11.8 Å². The lowest BCUT2D eigenvalue weighted by Crippen LogP contribution is -2.61. The largest absolute Gasteiger partial charge is 0.458 e. The Hall–Kier alpha value is -3.88. The summed E-state index contributed by atoms with van der Waals surface area (Å²) in [5.74, 6) is -1.83. The molecule has 2 aromatic rings. The minimum Gasteiger partial charge on any atom is -0.458 e. The summed E-state index contributed by atoms with van der Waals surface area (Å²) in [5, 5.41) is 5.78. The number of amides is 3. The van der Waals surface area contributed by atoms with Crippen molar-refractivity contribution in [2.45, 2.75) is 138 Å². The molecule has 0 saturated carbocycles. The number of benzene rings is 2. The minimum atomic E-state index is -1.14. The predicted octanol–water partition coefficient (Wildman–Crippen LogP) is 6.98. The van der Waals surface area contributed by atoms with Crippen molar-refractivity contribution in [1.29, 1.82) is 0 Å². The molecule has 0 aliphatic rings. The van der Waals surface area contributed by atoms with Crippen LogP contribution in [0.5, 0.6) is 0 Å². The van der Waals surface area contributed by atoms with Crippen LogP contribution in [0.15, 0.2) is 48.5 Å². The minimum absolute atomic E-state index is 0.195. The lowest BCUT2D eigenvalue weighted by molar-refractivity contribution is -0.159. The highest BCUT2D eigenvalue weighted by Gasteiger charge is 2.44. The van der Waals surface area contributed by atoms with Crippen molar-refractivity contribution in [1.82, 2.24) is 15.5 Å². The SMILES string of the molecule is CCC(C)C(NC(=O)OC(C)(C)C)C(=O)N(C(C(=O)NC(Cc1ccccc1)C(=O)OC(C)(C)C)c1cccc(C)c1C)C(C)(C)C. The van der Waals surface area contributed by atoms with E-state index in [2.05, 4.69) is 10.6 Å². The van der Waals surface area contributed by atoms with Gasteiger partial charge in [-0.25, -0.2) is 9.59 Å². The molecule has 0 radical (unpaired) electrons. The van der Waals surface area contributed by atoms with Crippen LogP contribution in [0, 0.1) is 19.8 Å². The second kappa shape index (κ2) is 15.8. The molecule has 3 amide bonds. The van der Waals surface area contributed by atoms with Crippen LogP contribution in [0.3, 0.4) is 0 Å². The van der Waals surface area contributed by atoms with Gasteiger partial charge in [-0.05, 0) is 104 Å². The molecule has 0 aromatic heterocycles. The fraction of sp³-hybridized carbons (Fsp3) is 0.579. The number of rotatable bonds is 11. The summed E-state index contributed by atoms with van der Waals surface area (Å²) in [6.45, 7) is 23.8. The third-order valence-electron chi connectivity index (χ3n) is 7.85. The highest BCUT2D eigenvalue weighted by molar-refractivity contribution is 5.94. The van der Waals surface area contributed by atoms with Crippen LogP contribution in [-0.2, 0) is 30.3 Å². The van der Waals surface area contributed by atoms with Crippen LogP contribution in [0.4, 0.5) is 4.79 Å². The van der Waals surface area contributed by atoms with Crippen molar-refractivity contribution in [3.05, 3.63) is 70.8 Å². The van der Waals surface area contributed by atoms with Gasteiger partial charge in [-0.2, -0.15) is 0 Å². The van der Waals surface area contributed by atoms with E-state index in [4.69, 9.17) is 9.47 Å². The molecule has 47 heavy (non-hydrogen) atoms. The predicted molar refractivity (Wildman–Crippen MR) is 186 cm³/mol. The Bertz CT molecular complexity index is 1380. The normalized spacial score (nSPS) is 14.7. The van der Waals surface area contributed by atoms with Gasteiger partial charge in [0.05, 0.1) is 0 Å². The molecular weight excluding hydrogens is 594 g/mol. The van der Waals surface area contributed by atoms with Gasteiger partial charge in [-0.3, -0.25) is 9.59 Å². The third-order valence-corrected chi connectivity index (χ3v) is 7.85. The van der Waals surface area contributed by atoms with Gasteiger partial charge in [0.25, 0.3) is 0 Å². The van der Waals surface area contributed by atoms with Crippen molar-refractivity contribution in [3.8, 4) is 0 Å². The summed E-state index contributed by atoms with van der Waals surface area (Å²) >= 11 is 0. The fourth-order valence-corrected chi connectivity index (χ4v) is 5.25. The topological polar surface area (TPSA) is 114 Å². The number of aryl methyl sites for hydroxylation is 1. The van der Waals surface area contributed by atoms with Crippen LogP contribution < -0.4 is 10.6 Å². The number of nitrogens with one attached hydrogen (secondary N) is 2. The summed E-state index contributed by atoms with van der Waals surface area (Å²) < 4.78 is 11.3. The molecule has 2 aromatic carbocycles. The monoisotopic (exact) mass is 651 g/mol. The van der Waals surface area contributed by atoms with Gasteiger partial charge in [0.15, 0.2) is 0 Å². The summed E-state index contributed by atoms with van der Waals surface area (Å²) in [7, 11) is 0. The first-order valence-corrected chi connectivity index (χ1v) is 16.5. The van der Waals surface area contributed by atoms with Crippen molar-refractivity contribution < 1.29 is 28.7 Å². The Kier molecular flexibility index (Phi) is 13.2. The molecule has 0 spiro atoms. The molecule has 4 atom stereocenters. The van der Waals surface area contributed by atoms with Gasteiger partial charge >= 0.3 is 12.1 Å². The summed E-state index contributed by atoms with van der Waals surface area (Å²) in [5.41, 5.74) is 0.799. The van der Waals surface area contributed by atoms with Gasteiger partial charge < -0.3 is 25.0 Å². The number of hydrogen-bond acceptors (Lipinski definition) is 6. The number of nitrogens with zero attached hydrogens (tertiary/aromatic N) is 1. The average Bonchev–Trinajstić information content (AvgIpc) is 2.93. The van der Waals surface area contributed by atoms with Crippen LogP contribution in [0.1, 0.15) is 111 Å². The van der Waals surface area contributed by atoms with Gasteiger partial charge in [-0.1, -0.05) is 68.8 Å². The zero-order valence-electron chi connectivity index (χ0n) is 30.7. The highest BCUT2D eigenvalue weighted by Crippen LogP contribution is 2.34. The van der Waals surface area contributed by atoms with E-state index < -0.39 is 58.7 Å². The Balaban J connectivity index is 2.73. The van der Waals surface area contributed by atoms with E-state index in [1.165, 1.54) is 4.90 Å². The number of carbonyl (C=O) groups excluding carboxylic acids is 4. The van der Waals surface area contributed by atoms with Crippen molar-refractivity contribution >= 4 is 23.9 Å². The van der Waals surface area contributed by atoms with E-state index in [0.717, 1.165) is 16.7 Å². The summed E-state index contributed by atoms with van der Waals surface area (Å²) in [6.07, 6.45) is 0.0632. The maximum Gasteiger partial charge on any atom is 0.408 e. The van der Waals surface area contributed by atoms with Crippen molar-refractivity contribution in [3.63, 3.8) is 0 Å². The van der Waals surface area contributed by atoms with Crippen LogP contribution in [0.2, 0.25) is 0 Å². The smallest absolute Gasteiger partial charge is 0.408 e. The molecule has 2 N–H and O–H groups in total. The molecule has 0 saturated heterocycles. The van der Waals surface area contributed by atoms with Crippen molar-refractivity contribution in [2.24, 2.45) is 5.92 Å². The molecule has 0 aliphatic carbocycles. The van der Waals surface area contributed by atoms with Crippen LogP contribution in [0.25, 0.3) is 0 Å². The molecule has 260 valence electrons. The summed E-state index contributed by atoms with van der Waals surface area (Å²) in [6, 6.07) is 11.9. The first kappa shape index (κ1) is 39.3. The van der Waals surface area contributed by atoms with E-state index in [9.17, 15) is 19.2 Å². The Morgan fingerprint density at radius 3 is 1.87 bits per heavy atom. The van der Waals surface area contributed by atoms with E-state index in [1.807, 2.05) is 97.0 Å². The standard InChI is InChI=1S/C38H57N3O6/c1-14-24(2)30(40-35(45)47-38(11,12)13)33(43)41(36(5,6)7)31(28-22-18-19-25(3)26(28)4)32(42)39-29(34(44)46-37(8,9)10)23-27-20-16-15-17-21-27/h15-22,24,29-31H,14,23H2,1-13H3,(H,39,42)(H,40,45). The summed E-state index contributed by atoms with van der Waals surface area (Å²) in [4.78, 5) is 57.6. The Labute approximate surface area is 282 Å². The van der Waals surface area contributed by atoms with Crippen LogP contribution in [-0.4, -0.2) is 57.6 Å². The van der Waals surface area contributed by atoms with E-state index in [1.54, 1.807) is 41.5 Å². The third kappa shape index (κ3) is 11.7. The van der Waals surface area contributed by atoms with Crippen LogP contribution >= 0.6 is 0 Å². The second-order valence-electron chi connectivity index (χ2n) is 15.4. The van der Waals surface area contributed by atoms with E-state index in [0.29, 0.717) is 12.0 Å². The van der Waals surface area contributed by atoms with Gasteiger partial charge in [0, 0.05) is 12.0 Å². The first-order valence-electron chi connectivity index (χ1n) is 16.5. The maximum absolute atomic E-state index is 14.8. The highest BCUT2D eigenvalue weighted by atomic mass is 16.6. The molecule has 9 nitrogen and oxygen atoms in total. The lowest BCUT2D eigenvalue weighted by Gasteiger charge is -2.44. The second-order valence-corrected chi connectivity index (χ2v) is 15.4. The average molecular weight is 652 g/mol. The fourth-order valence-electron chi connectivity index (χ4n) is 5.25. The lowest BCUT2D eigenvalue weighted by atomic mass is 9.89. The van der Waals surface area contributed by atoms with Crippen molar-refractivity contribution in [2.75, 3.05) is 0 Å². The Morgan fingerprint density at radius 1 is 0.787 bits per heavy atom. The maximum atomic E-state index is 14.8. The number of hydrogen-bond donors (Lipinski definition) is 2. The molecule has 0 aliphatic heterocycles. The Morgan fingerprint density at radius 2 is 1.36 bits per heavy atom. The van der Waals surface area contributed by atoms with Gasteiger partial charge in [0.1, 0.15) is 29.3 Å². The van der Waals surface area contributed by atoms with E-state index >= 15 is 0 Å². The number of esters is 1. The molecule has 0 bridgehead atoms. The molecule has 0 heterocycles. The molecule has 2 rings (SSSR count). The molecule has 0 fully saturated rings.